The second-order valence-electron chi connectivity index (χ2n) is 5.20. The van der Waals surface area contributed by atoms with E-state index in [1.54, 1.807) is 12.1 Å². The largest absolute Gasteiger partial charge is 0.223 e. The SMILES string of the molecule is Cc1ccc(S(=O)(=O)[C@H]2Cc3ccccc3[C@@H]2Cl)cc1. The minimum Gasteiger partial charge on any atom is -0.223 e. The number of alkyl halides is 1. The first-order chi connectivity index (χ1) is 9.50. The number of rotatable bonds is 2. The first kappa shape index (κ1) is 13.7. The molecule has 2 nitrogen and oxygen atoms in total. The van der Waals surface area contributed by atoms with Crippen LogP contribution in [-0.2, 0) is 16.3 Å². The first-order valence-corrected chi connectivity index (χ1v) is 8.51. The van der Waals surface area contributed by atoms with Gasteiger partial charge < -0.3 is 0 Å². The van der Waals surface area contributed by atoms with Crippen molar-refractivity contribution in [3.8, 4) is 0 Å². The number of hydrogen-bond acceptors (Lipinski definition) is 2. The zero-order valence-electron chi connectivity index (χ0n) is 11.1. The van der Waals surface area contributed by atoms with Gasteiger partial charge in [-0.15, -0.1) is 11.6 Å². The molecular formula is C16H15ClO2S. The van der Waals surface area contributed by atoms with E-state index in [1.165, 1.54) is 0 Å². The van der Waals surface area contributed by atoms with Crippen molar-refractivity contribution in [3.05, 3.63) is 65.2 Å². The maximum atomic E-state index is 12.7. The molecule has 0 fully saturated rings. The second-order valence-corrected chi connectivity index (χ2v) is 7.84. The molecule has 0 radical (unpaired) electrons. The molecule has 0 saturated heterocycles. The van der Waals surface area contributed by atoms with E-state index in [-0.39, 0.29) is 0 Å². The lowest BCUT2D eigenvalue weighted by molar-refractivity contribution is 0.579. The molecule has 2 atom stereocenters. The lowest BCUT2D eigenvalue weighted by Crippen LogP contribution is -2.23. The van der Waals surface area contributed by atoms with Crippen molar-refractivity contribution in [3.63, 3.8) is 0 Å². The van der Waals surface area contributed by atoms with Crippen molar-refractivity contribution >= 4 is 21.4 Å². The Morgan fingerprint density at radius 1 is 1.05 bits per heavy atom. The third-order valence-corrected chi connectivity index (χ3v) is 6.70. The van der Waals surface area contributed by atoms with Gasteiger partial charge in [0, 0.05) is 0 Å². The summed E-state index contributed by atoms with van der Waals surface area (Å²) in [5.74, 6) is 0. The molecule has 0 bridgehead atoms. The van der Waals surface area contributed by atoms with Crippen LogP contribution in [0.4, 0.5) is 0 Å². The molecule has 0 spiro atoms. The van der Waals surface area contributed by atoms with E-state index < -0.39 is 20.5 Å². The summed E-state index contributed by atoms with van der Waals surface area (Å²) in [4.78, 5) is 0.353. The number of hydrogen-bond donors (Lipinski definition) is 0. The van der Waals surface area contributed by atoms with Crippen molar-refractivity contribution in [1.82, 2.24) is 0 Å². The molecule has 3 rings (SSSR count). The number of benzene rings is 2. The predicted octanol–water partition coefficient (Wildman–Crippen LogP) is 3.67. The maximum absolute atomic E-state index is 12.7. The standard InChI is InChI=1S/C16H15ClO2S/c1-11-6-8-13(9-7-11)20(18,19)15-10-12-4-2-3-5-14(12)16(15)17/h2-9,15-16H,10H2,1H3/t15-,16-/m0/s1. The Hall–Kier alpha value is -1.32. The smallest absolute Gasteiger partial charge is 0.183 e. The van der Waals surface area contributed by atoms with Crippen LogP contribution < -0.4 is 0 Å². The third kappa shape index (κ3) is 2.15. The molecule has 0 heterocycles. The van der Waals surface area contributed by atoms with Crippen LogP contribution in [0.3, 0.4) is 0 Å². The van der Waals surface area contributed by atoms with Crippen LogP contribution in [0.5, 0.6) is 0 Å². The van der Waals surface area contributed by atoms with Crippen molar-refractivity contribution < 1.29 is 8.42 Å². The van der Waals surface area contributed by atoms with Crippen molar-refractivity contribution in [1.29, 1.82) is 0 Å². The summed E-state index contributed by atoms with van der Waals surface area (Å²) in [6.45, 7) is 1.94. The van der Waals surface area contributed by atoms with Crippen LogP contribution in [-0.4, -0.2) is 13.7 Å². The fourth-order valence-corrected chi connectivity index (χ4v) is 5.11. The Labute approximate surface area is 124 Å². The lowest BCUT2D eigenvalue weighted by Gasteiger charge is -2.15. The summed E-state index contributed by atoms with van der Waals surface area (Å²) in [6, 6.07) is 14.6. The van der Waals surface area contributed by atoms with Gasteiger partial charge in [0.05, 0.1) is 15.5 Å². The normalized spacial score (nSPS) is 21.7. The average molecular weight is 307 g/mol. The Kier molecular flexibility index (Phi) is 3.35. The van der Waals surface area contributed by atoms with E-state index in [0.29, 0.717) is 11.3 Å². The second kappa shape index (κ2) is 4.90. The molecule has 2 aromatic rings. The van der Waals surface area contributed by atoms with Gasteiger partial charge in [-0.2, -0.15) is 0 Å². The van der Waals surface area contributed by atoms with Crippen LogP contribution in [0.15, 0.2) is 53.4 Å². The molecular weight excluding hydrogens is 292 g/mol. The molecule has 0 N–H and O–H groups in total. The van der Waals surface area contributed by atoms with Crippen molar-refractivity contribution in [2.45, 2.75) is 28.9 Å². The van der Waals surface area contributed by atoms with Crippen LogP contribution in [0, 0.1) is 6.92 Å². The molecule has 20 heavy (non-hydrogen) atoms. The quantitative estimate of drug-likeness (QED) is 0.793. The molecule has 0 amide bonds. The average Bonchev–Trinajstić information content (AvgIpc) is 2.78. The number of aryl methyl sites for hydroxylation is 1. The molecule has 104 valence electrons. The summed E-state index contributed by atoms with van der Waals surface area (Å²) in [7, 11) is -3.40. The molecule has 1 aliphatic rings. The summed E-state index contributed by atoms with van der Waals surface area (Å²) in [5, 5.41) is -1.05. The number of halogens is 1. The minimum absolute atomic E-state index is 0.353. The molecule has 0 unspecified atom stereocenters. The topological polar surface area (TPSA) is 34.1 Å². The van der Waals surface area contributed by atoms with Crippen molar-refractivity contribution in [2.24, 2.45) is 0 Å². The molecule has 0 aromatic heterocycles. The highest BCUT2D eigenvalue weighted by Crippen LogP contribution is 2.41. The first-order valence-electron chi connectivity index (χ1n) is 6.52. The van der Waals surface area contributed by atoms with Gasteiger partial charge in [0.25, 0.3) is 0 Å². The molecule has 4 heteroatoms. The monoisotopic (exact) mass is 306 g/mol. The van der Waals surface area contributed by atoms with Gasteiger partial charge in [-0.3, -0.25) is 0 Å². The van der Waals surface area contributed by atoms with E-state index in [4.69, 9.17) is 11.6 Å². The van der Waals surface area contributed by atoms with Crippen LogP contribution >= 0.6 is 11.6 Å². The fourth-order valence-electron chi connectivity index (χ4n) is 2.68. The summed E-state index contributed by atoms with van der Waals surface area (Å²) in [6.07, 6.45) is 0.487. The fraction of sp³-hybridized carbons (Fsp3) is 0.250. The summed E-state index contributed by atoms with van der Waals surface area (Å²) >= 11 is 6.40. The highest BCUT2D eigenvalue weighted by Gasteiger charge is 2.40. The zero-order chi connectivity index (χ0) is 14.3. The Balaban J connectivity index is 2.00. The van der Waals surface area contributed by atoms with Gasteiger partial charge in [0.2, 0.25) is 0 Å². The summed E-state index contributed by atoms with van der Waals surface area (Å²) < 4.78 is 25.5. The Bertz CT molecular complexity index is 735. The van der Waals surface area contributed by atoms with Crippen LogP contribution in [0.1, 0.15) is 22.1 Å². The molecule has 0 saturated carbocycles. The highest BCUT2D eigenvalue weighted by molar-refractivity contribution is 7.92. The van der Waals surface area contributed by atoms with E-state index in [1.807, 2.05) is 43.3 Å². The maximum Gasteiger partial charge on any atom is 0.183 e. The van der Waals surface area contributed by atoms with E-state index in [0.717, 1.165) is 16.7 Å². The van der Waals surface area contributed by atoms with Gasteiger partial charge in [0.15, 0.2) is 9.84 Å². The molecule has 1 aliphatic carbocycles. The molecule has 0 aliphatic heterocycles. The van der Waals surface area contributed by atoms with Gasteiger partial charge in [-0.1, -0.05) is 42.0 Å². The van der Waals surface area contributed by atoms with Crippen molar-refractivity contribution in [2.75, 3.05) is 0 Å². The van der Waals surface area contributed by atoms with Gasteiger partial charge in [0.1, 0.15) is 0 Å². The highest BCUT2D eigenvalue weighted by atomic mass is 35.5. The number of sulfone groups is 1. The Morgan fingerprint density at radius 3 is 2.35 bits per heavy atom. The van der Waals surface area contributed by atoms with E-state index >= 15 is 0 Å². The minimum atomic E-state index is -3.40. The van der Waals surface area contributed by atoms with Gasteiger partial charge in [-0.25, -0.2) is 8.42 Å². The van der Waals surface area contributed by atoms with Gasteiger partial charge in [-0.05, 0) is 36.6 Å². The van der Waals surface area contributed by atoms with E-state index in [9.17, 15) is 8.42 Å². The lowest BCUT2D eigenvalue weighted by atomic mass is 10.1. The van der Waals surface area contributed by atoms with Crippen LogP contribution in [0.2, 0.25) is 0 Å². The van der Waals surface area contributed by atoms with E-state index in [2.05, 4.69) is 0 Å². The number of fused-ring (bicyclic) bond motifs is 1. The Morgan fingerprint density at radius 2 is 1.70 bits per heavy atom. The van der Waals surface area contributed by atoms with Crippen LogP contribution in [0.25, 0.3) is 0 Å². The van der Waals surface area contributed by atoms with Gasteiger partial charge >= 0.3 is 0 Å². The predicted molar refractivity (Wildman–Crippen MR) is 80.9 cm³/mol. The summed E-state index contributed by atoms with van der Waals surface area (Å²) in [5.41, 5.74) is 3.02. The zero-order valence-corrected chi connectivity index (χ0v) is 12.7. The third-order valence-electron chi connectivity index (χ3n) is 3.85. The molecule has 2 aromatic carbocycles.